The fourth-order valence-corrected chi connectivity index (χ4v) is 4.36. The highest BCUT2D eigenvalue weighted by molar-refractivity contribution is 6.00. The molecule has 2 aliphatic rings. The van der Waals surface area contributed by atoms with Gasteiger partial charge in [-0.15, -0.1) is 0 Å². The third kappa shape index (κ3) is 4.12. The molecule has 2 aliphatic heterocycles. The number of methoxy groups -OCH3 is 1. The van der Waals surface area contributed by atoms with Crippen LogP contribution >= 0.6 is 0 Å². The van der Waals surface area contributed by atoms with Gasteiger partial charge in [-0.3, -0.25) is 9.69 Å². The molecule has 8 nitrogen and oxygen atoms in total. The van der Waals surface area contributed by atoms with Crippen molar-refractivity contribution in [1.29, 1.82) is 0 Å². The van der Waals surface area contributed by atoms with Gasteiger partial charge >= 0.3 is 6.09 Å². The zero-order valence-corrected chi connectivity index (χ0v) is 18.5. The van der Waals surface area contributed by atoms with Gasteiger partial charge in [0.05, 0.1) is 31.5 Å². The number of halogens is 1. The summed E-state index contributed by atoms with van der Waals surface area (Å²) in [6, 6.07) is 16.6. The summed E-state index contributed by atoms with van der Waals surface area (Å²) < 4.78 is 24.5. The molecule has 9 heteroatoms. The van der Waals surface area contributed by atoms with Gasteiger partial charge in [0.1, 0.15) is 17.4 Å². The van der Waals surface area contributed by atoms with E-state index in [1.165, 1.54) is 17.0 Å². The monoisotopic (exact) mass is 462 g/mol. The van der Waals surface area contributed by atoms with Gasteiger partial charge in [-0.05, 0) is 54.6 Å². The van der Waals surface area contributed by atoms with Crippen LogP contribution < -0.4 is 15.0 Å². The standard InChI is InChI=1S/C25H23FN4O4/c1-33-20-9-7-18(8-10-20)28-22-21(6-3-12-27-22)23(31)29-13-11-25(15-29)16-30(24(32)34-25)19-5-2-4-17(26)14-19/h2-10,12,14H,11,13,15-16H2,1H3,(H,27,28)/t25-/m0/s1. The number of ether oxygens (including phenoxy) is 2. The number of hydrogen-bond donors (Lipinski definition) is 1. The van der Waals surface area contributed by atoms with Crippen molar-refractivity contribution in [3.8, 4) is 5.75 Å². The summed E-state index contributed by atoms with van der Waals surface area (Å²) >= 11 is 0. The SMILES string of the molecule is COc1ccc(Nc2ncccc2C(=O)N2CC[C@]3(C2)CN(c2cccc(F)c2)C(=O)O3)cc1. The summed E-state index contributed by atoms with van der Waals surface area (Å²) in [5.41, 5.74) is 0.790. The summed E-state index contributed by atoms with van der Waals surface area (Å²) in [5.74, 6) is 0.524. The molecule has 0 bridgehead atoms. The highest BCUT2D eigenvalue weighted by Gasteiger charge is 2.51. The van der Waals surface area contributed by atoms with Crippen LogP contribution in [0.25, 0.3) is 0 Å². The van der Waals surface area contributed by atoms with Crippen molar-refractivity contribution in [3.05, 3.63) is 78.2 Å². The normalized spacial score (nSPS) is 19.4. The van der Waals surface area contributed by atoms with Crippen molar-refractivity contribution in [2.24, 2.45) is 0 Å². The Balaban J connectivity index is 1.32. The van der Waals surface area contributed by atoms with Crippen molar-refractivity contribution >= 4 is 29.2 Å². The predicted octanol–water partition coefficient (Wildman–Crippen LogP) is 4.21. The van der Waals surface area contributed by atoms with E-state index in [2.05, 4.69) is 10.3 Å². The van der Waals surface area contributed by atoms with E-state index >= 15 is 0 Å². The number of amides is 2. The molecule has 2 amide bonds. The lowest BCUT2D eigenvalue weighted by Crippen LogP contribution is -2.39. The quantitative estimate of drug-likeness (QED) is 0.612. The van der Waals surface area contributed by atoms with Crippen LogP contribution in [0.15, 0.2) is 66.9 Å². The van der Waals surface area contributed by atoms with Gasteiger partial charge < -0.3 is 19.7 Å². The second-order valence-corrected chi connectivity index (χ2v) is 8.35. The summed E-state index contributed by atoms with van der Waals surface area (Å²) in [4.78, 5) is 33.4. The number of pyridine rings is 1. The number of carbonyl (C=O) groups is 2. The zero-order chi connectivity index (χ0) is 23.7. The van der Waals surface area contributed by atoms with E-state index in [0.717, 1.165) is 11.4 Å². The molecule has 3 heterocycles. The van der Waals surface area contributed by atoms with Gasteiger partial charge in [0.25, 0.3) is 5.91 Å². The largest absolute Gasteiger partial charge is 0.497 e. The molecular weight excluding hydrogens is 439 g/mol. The van der Waals surface area contributed by atoms with Crippen LogP contribution in [0.2, 0.25) is 0 Å². The molecule has 2 aromatic carbocycles. The fraction of sp³-hybridized carbons (Fsp3) is 0.240. The number of aromatic nitrogens is 1. The molecule has 3 aromatic rings. The zero-order valence-electron chi connectivity index (χ0n) is 18.5. The topological polar surface area (TPSA) is 84.0 Å². The maximum atomic E-state index is 13.7. The molecule has 0 unspecified atom stereocenters. The maximum absolute atomic E-state index is 13.7. The minimum Gasteiger partial charge on any atom is -0.497 e. The molecule has 174 valence electrons. The highest BCUT2D eigenvalue weighted by Crippen LogP contribution is 2.36. The van der Waals surface area contributed by atoms with Gasteiger partial charge in [-0.25, -0.2) is 14.2 Å². The van der Waals surface area contributed by atoms with E-state index < -0.39 is 17.5 Å². The molecule has 0 radical (unpaired) electrons. The lowest BCUT2D eigenvalue weighted by atomic mass is 10.0. The Bertz CT molecular complexity index is 1240. The van der Waals surface area contributed by atoms with E-state index in [0.29, 0.717) is 30.0 Å². The number of benzene rings is 2. The van der Waals surface area contributed by atoms with Crippen molar-refractivity contribution in [2.45, 2.75) is 12.0 Å². The van der Waals surface area contributed by atoms with Gasteiger partial charge in [0.15, 0.2) is 5.60 Å². The predicted molar refractivity (Wildman–Crippen MR) is 124 cm³/mol. The summed E-state index contributed by atoms with van der Waals surface area (Å²) in [6.45, 7) is 0.934. The average molecular weight is 462 g/mol. The molecule has 2 saturated heterocycles. The molecule has 0 saturated carbocycles. The first kappa shape index (κ1) is 21.7. The summed E-state index contributed by atoms with van der Waals surface area (Å²) in [6.07, 6.45) is 1.57. The molecule has 1 atom stereocenters. The third-order valence-corrected chi connectivity index (χ3v) is 6.08. The van der Waals surface area contributed by atoms with Gasteiger partial charge in [-0.2, -0.15) is 0 Å². The maximum Gasteiger partial charge on any atom is 0.415 e. The Morgan fingerprint density at radius 1 is 1.15 bits per heavy atom. The Kier molecular flexibility index (Phi) is 5.53. The second-order valence-electron chi connectivity index (χ2n) is 8.35. The van der Waals surface area contributed by atoms with Crippen LogP contribution in [0.3, 0.4) is 0 Å². The molecule has 1 spiro atoms. The van der Waals surface area contributed by atoms with Crippen molar-refractivity contribution < 1.29 is 23.5 Å². The first-order valence-corrected chi connectivity index (χ1v) is 10.9. The number of nitrogens with one attached hydrogen (secondary N) is 1. The minimum atomic E-state index is -0.829. The molecule has 34 heavy (non-hydrogen) atoms. The lowest BCUT2D eigenvalue weighted by molar-refractivity contribution is 0.0554. The fourth-order valence-electron chi connectivity index (χ4n) is 4.36. The first-order chi connectivity index (χ1) is 16.5. The summed E-state index contributed by atoms with van der Waals surface area (Å²) in [7, 11) is 1.60. The second kappa shape index (κ2) is 8.66. The van der Waals surface area contributed by atoms with E-state index in [1.54, 1.807) is 42.5 Å². The van der Waals surface area contributed by atoms with E-state index in [1.807, 2.05) is 24.3 Å². The first-order valence-electron chi connectivity index (χ1n) is 10.9. The van der Waals surface area contributed by atoms with Crippen molar-refractivity contribution in [3.63, 3.8) is 0 Å². The van der Waals surface area contributed by atoms with E-state index in [4.69, 9.17) is 9.47 Å². The Labute approximate surface area is 195 Å². The molecule has 1 aromatic heterocycles. The molecule has 2 fully saturated rings. The summed E-state index contributed by atoms with van der Waals surface area (Å²) in [5, 5.41) is 3.19. The van der Waals surface area contributed by atoms with Crippen molar-refractivity contribution in [1.82, 2.24) is 9.88 Å². The minimum absolute atomic E-state index is 0.207. The molecular formula is C25H23FN4O4. The number of hydrogen-bond acceptors (Lipinski definition) is 6. The number of rotatable bonds is 5. The average Bonchev–Trinajstić information content (AvgIpc) is 3.41. The number of carbonyl (C=O) groups excluding carboxylic acids is 2. The Morgan fingerprint density at radius 3 is 2.74 bits per heavy atom. The Morgan fingerprint density at radius 2 is 1.97 bits per heavy atom. The number of likely N-dealkylation sites (tertiary alicyclic amines) is 1. The lowest BCUT2D eigenvalue weighted by Gasteiger charge is -2.23. The molecule has 0 aliphatic carbocycles. The van der Waals surface area contributed by atoms with Gasteiger partial charge in [-0.1, -0.05) is 6.07 Å². The van der Waals surface area contributed by atoms with Crippen LogP contribution in [0.4, 0.5) is 26.4 Å². The van der Waals surface area contributed by atoms with Crippen LogP contribution in [0, 0.1) is 5.82 Å². The van der Waals surface area contributed by atoms with Crippen LogP contribution in [0.5, 0.6) is 5.75 Å². The Hall–Kier alpha value is -4.14. The van der Waals surface area contributed by atoms with Crippen molar-refractivity contribution in [2.75, 3.05) is 37.0 Å². The van der Waals surface area contributed by atoms with Gasteiger partial charge in [0, 0.05) is 24.8 Å². The molecule has 1 N–H and O–H groups in total. The van der Waals surface area contributed by atoms with Crippen LogP contribution in [0.1, 0.15) is 16.8 Å². The van der Waals surface area contributed by atoms with E-state index in [-0.39, 0.29) is 19.0 Å². The van der Waals surface area contributed by atoms with Crippen LogP contribution in [-0.4, -0.2) is 54.2 Å². The smallest absolute Gasteiger partial charge is 0.415 e. The van der Waals surface area contributed by atoms with E-state index in [9.17, 15) is 14.0 Å². The third-order valence-electron chi connectivity index (χ3n) is 6.08. The molecule has 5 rings (SSSR count). The van der Waals surface area contributed by atoms with Gasteiger partial charge in [0.2, 0.25) is 0 Å². The highest BCUT2D eigenvalue weighted by atomic mass is 19.1. The number of nitrogens with zero attached hydrogens (tertiary/aromatic N) is 3. The number of anilines is 3. The van der Waals surface area contributed by atoms with Crippen LogP contribution in [-0.2, 0) is 4.74 Å².